The first-order chi connectivity index (χ1) is 9.05. The van der Waals surface area contributed by atoms with Gasteiger partial charge < -0.3 is 14.8 Å². The molecule has 1 N–H and O–H groups in total. The molecule has 1 rings (SSSR count). The van der Waals surface area contributed by atoms with Crippen LogP contribution in [0.1, 0.15) is 33.4 Å². The predicted octanol–water partition coefficient (Wildman–Crippen LogP) is 3.33. The van der Waals surface area contributed by atoms with E-state index in [0.717, 1.165) is 0 Å². The molecule has 0 aromatic carbocycles. The third-order valence-corrected chi connectivity index (χ3v) is 2.70. The second-order valence-corrected chi connectivity index (χ2v) is 6.26. The molecule has 7 heteroatoms. The van der Waals surface area contributed by atoms with Crippen LogP contribution in [0.5, 0.6) is 0 Å². The molecule has 0 aliphatic heterocycles. The number of amides is 1. The average molecular weight is 319 g/mol. The minimum absolute atomic E-state index is 0.131. The zero-order valence-corrected chi connectivity index (χ0v) is 13.2. The highest BCUT2D eigenvalue weighted by Gasteiger charge is 2.32. The Balaban J connectivity index is 3.02. The zero-order valence-electron chi connectivity index (χ0n) is 11.7. The second-order valence-electron chi connectivity index (χ2n) is 5.44. The number of ether oxygens (including phenoxy) is 1. The third kappa shape index (κ3) is 4.65. The Bertz CT molecular complexity index is 509. The highest BCUT2D eigenvalue weighted by molar-refractivity contribution is 6.34. The third-order valence-electron chi connectivity index (χ3n) is 2.29. The Morgan fingerprint density at radius 1 is 1.30 bits per heavy atom. The van der Waals surface area contributed by atoms with Gasteiger partial charge in [0.2, 0.25) is 0 Å². The summed E-state index contributed by atoms with van der Waals surface area (Å²) >= 11 is 11.7. The maximum atomic E-state index is 11.8. The number of pyridine rings is 1. The fourth-order valence-corrected chi connectivity index (χ4v) is 1.87. The van der Waals surface area contributed by atoms with Crippen LogP contribution < -0.4 is 5.32 Å². The van der Waals surface area contributed by atoms with Gasteiger partial charge in [-0.05, 0) is 39.8 Å². The fraction of sp³-hybridized carbons (Fsp3) is 0.462. The van der Waals surface area contributed by atoms with Crippen LogP contribution in [0, 0.1) is 0 Å². The van der Waals surface area contributed by atoms with Gasteiger partial charge in [-0.1, -0.05) is 23.2 Å². The van der Waals surface area contributed by atoms with Crippen LogP contribution in [0.15, 0.2) is 12.1 Å². The number of aromatic nitrogens is 1. The summed E-state index contributed by atoms with van der Waals surface area (Å²) in [5.41, 5.74) is -1.82. The molecular weight excluding hydrogens is 303 g/mol. The molecule has 1 amide bonds. The summed E-state index contributed by atoms with van der Waals surface area (Å²) in [5, 5.41) is 2.91. The van der Waals surface area contributed by atoms with Gasteiger partial charge in [-0.2, -0.15) is 0 Å². The van der Waals surface area contributed by atoms with E-state index in [1.807, 2.05) is 0 Å². The van der Waals surface area contributed by atoms with Crippen molar-refractivity contribution in [3.8, 4) is 0 Å². The number of alkyl carbamates (subject to hydrolysis) is 1. The molecule has 20 heavy (non-hydrogen) atoms. The van der Waals surface area contributed by atoms with Gasteiger partial charge in [0.1, 0.15) is 16.3 Å². The lowest BCUT2D eigenvalue weighted by Crippen LogP contribution is -2.47. The van der Waals surface area contributed by atoms with Crippen LogP contribution in [0.4, 0.5) is 4.79 Å². The van der Waals surface area contributed by atoms with Gasteiger partial charge in [0.25, 0.3) is 0 Å². The molecule has 110 valence electrons. The minimum Gasteiger partial charge on any atom is -0.444 e. The topological polar surface area (TPSA) is 68.3 Å². The van der Waals surface area contributed by atoms with E-state index >= 15 is 0 Å². The monoisotopic (exact) mass is 318 g/mol. The summed E-state index contributed by atoms with van der Waals surface area (Å²) in [7, 11) is 0. The molecule has 0 saturated heterocycles. The Morgan fingerprint density at radius 3 is 2.35 bits per heavy atom. The van der Waals surface area contributed by atoms with Gasteiger partial charge in [-0.25, -0.2) is 9.78 Å². The number of rotatable bonds is 3. The average Bonchev–Trinajstić information content (AvgIpc) is 2.24. The van der Waals surface area contributed by atoms with E-state index in [9.17, 15) is 9.59 Å². The Labute approximate surface area is 127 Å². The van der Waals surface area contributed by atoms with Crippen LogP contribution in [0.25, 0.3) is 0 Å². The van der Waals surface area contributed by atoms with E-state index in [1.165, 1.54) is 19.1 Å². The normalized spacial score (nSPS) is 14.3. The molecule has 1 aromatic heterocycles. The lowest BCUT2D eigenvalue weighted by molar-refractivity contribution is -0.113. The smallest absolute Gasteiger partial charge is 0.408 e. The summed E-state index contributed by atoms with van der Waals surface area (Å²) in [4.78, 5) is 27.2. The summed E-state index contributed by atoms with van der Waals surface area (Å²) in [6, 6.07) is 2.89. The van der Waals surface area contributed by atoms with E-state index in [4.69, 9.17) is 27.9 Å². The molecular formula is C13H16Cl2N2O3. The number of hydrogen-bond donors (Lipinski definition) is 1. The molecule has 0 saturated carbocycles. The standard InChI is InChI=1S/C13H16Cl2N2O3/c1-12(2,3)20-11(19)17-13(4,7-18)9-5-8(14)6-10(15)16-9/h5-7H,1-4H3,(H,17,19). The molecule has 1 unspecified atom stereocenters. The molecule has 0 aliphatic rings. The van der Waals surface area contributed by atoms with Gasteiger partial charge in [0.15, 0.2) is 6.29 Å². The predicted molar refractivity (Wildman–Crippen MR) is 77.0 cm³/mol. The van der Waals surface area contributed by atoms with Crippen molar-refractivity contribution in [3.05, 3.63) is 28.0 Å². The maximum absolute atomic E-state index is 11.8. The van der Waals surface area contributed by atoms with Gasteiger partial charge >= 0.3 is 6.09 Å². The first-order valence-corrected chi connectivity index (χ1v) is 6.62. The Morgan fingerprint density at radius 2 is 1.90 bits per heavy atom. The van der Waals surface area contributed by atoms with Crippen molar-refractivity contribution >= 4 is 35.6 Å². The van der Waals surface area contributed by atoms with Crippen LogP contribution in [0.2, 0.25) is 10.2 Å². The van der Waals surface area contributed by atoms with Crippen molar-refractivity contribution in [1.82, 2.24) is 10.3 Å². The number of nitrogens with one attached hydrogen (secondary N) is 1. The van der Waals surface area contributed by atoms with Gasteiger partial charge in [-0.3, -0.25) is 0 Å². The van der Waals surface area contributed by atoms with Crippen LogP contribution in [-0.2, 0) is 15.1 Å². The molecule has 0 radical (unpaired) electrons. The Kier molecular flexibility index (Phi) is 5.00. The number of nitrogens with zero attached hydrogens (tertiary/aromatic N) is 1. The lowest BCUT2D eigenvalue weighted by atomic mass is 9.99. The molecule has 1 aromatic rings. The van der Waals surface area contributed by atoms with Crippen LogP contribution in [0.3, 0.4) is 0 Å². The van der Waals surface area contributed by atoms with Gasteiger partial charge in [0, 0.05) is 5.02 Å². The van der Waals surface area contributed by atoms with Crippen molar-refractivity contribution in [2.75, 3.05) is 0 Å². The largest absolute Gasteiger partial charge is 0.444 e. The highest BCUT2D eigenvalue weighted by Crippen LogP contribution is 2.23. The number of carbonyl (C=O) groups excluding carboxylic acids is 2. The molecule has 5 nitrogen and oxygen atoms in total. The lowest BCUT2D eigenvalue weighted by Gasteiger charge is -2.27. The summed E-state index contributed by atoms with van der Waals surface area (Å²) in [5.74, 6) is 0. The highest BCUT2D eigenvalue weighted by atomic mass is 35.5. The number of carbonyl (C=O) groups is 2. The van der Waals surface area contributed by atoms with E-state index in [-0.39, 0.29) is 10.8 Å². The first kappa shape index (κ1) is 16.7. The summed E-state index contributed by atoms with van der Waals surface area (Å²) in [6.45, 7) is 6.65. The quantitative estimate of drug-likeness (QED) is 0.685. The van der Waals surface area contributed by atoms with Crippen molar-refractivity contribution in [2.24, 2.45) is 0 Å². The summed E-state index contributed by atoms with van der Waals surface area (Å²) in [6.07, 6.45) is -0.184. The number of halogens is 2. The summed E-state index contributed by atoms with van der Waals surface area (Å²) < 4.78 is 5.11. The van der Waals surface area contributed by atoms with Crippen molar-refractivity contribution in [2.45, 2.75) is 38.8 Å². The molecule has 0 fully saturated rings. The van der Waals surface area contributed by atoms with Crippen LogP contribution >= 0.6 is 23.2 Å². The van der Waals surface area contributed by atoms with Crippen molar-refractivity contribution in [3.63, 3.8) is 0 Å². The zero-order chi connectivity index (χ0) is 15.6. The SMILES string of the molecule is CC(C)(C)OC(=O)NC(C)(C=O)c1cc(Cl)cc(Cl)n1. The van der Waals surface area contributed by atoms with Crippen molar-refractivity contribution in [1.29, 1.82) is 0 Å². The van der Waals surface area contributed by atoms with E-state index in [0.29, 0.717) is 11.3 Å². The fourth-order valence-electron chi connectivity index (χ4n) is 1.40. The molecule has 1 atom stereocenters. The molecule has 0 spiro atoms. The van der Waals surface area contributed by atoms with E-state index in [1.54, 1.807) is 20.8 Å². The minimum atomic E-state index is -1.38. The maximum Gasteiger partial charge on any atom is 0.408 e. The van der Waals surface area contributed by atoms with Crippen molar-refractivity contribution < 1.29 is 14.3 Å². The van der Waals surface area contributed by atoms with Gasteiger partial charge in [-0.15, -0.1) is 0 Å². The first-order valence-electron chi connectivity index (χ1n) is 5.87. The Hall–Kier alpha value is -1.33. The van der Waals surface area contributed by atoms with Gasteiger partial charge in [0.05, 0.1) is 5.69 Å². The molecule has 0 aliphatic carbocycles. The number of hydrogen-bond acceptors (Lipinski definition) is 4. The number of aldehydes is 1. The molecule has 1 heterocycles. The van der Waals surface area contributed by atoms with E-state index < -0.39 is 17.2 Å². The molecule has 0 bridgehead atoms. The second kappa shape index (κ2) is 5.97. The van der Waals surface area contributed by atoms with E-state index in [2.05, 4.69) is 10.3 Å². The van der Waals surface area contributed by atoms with Crippen LogP contribution in [-0.4, -0.2) is 23.0 Å².